The molecule has 1 N–H and O–H groups in total. The van der Waals surface area contributed by atoms with E-state index < -0.39 is 0 Å². The number of thiophene rings is 1. The summed E-state index contributed by atoms with van der Waals surface area (Å²) in [7, 11) is 0. The van der Waals surface area contributed by atoms with Crippen molar-refractivity contribution in [2.75, 3.05) is 11.9 Å². The summed E-state index contributed by atoms with van der Waals surface area (Å²) in [4.78, 5) is 17.3. The molecule has 4 nitrogen and oxygen atoms in total. The molecule has 0 saturated heterocycles. The van der Waals surface area contributed by atoms with Gasteiger partial charge in [-0.05, 0) is 29.6 Å². The Bertz CT molecular complexity index is 796. The molecule has 2 heterocycles. The fourth-order valence-corrected chi connectivity index (χ4v) is 3.09. The van der Waals surface area contributed by atoms with Crippen LogP contribution in [0.25, 0.3) is 10.2 Å². The van der Waals surface area contributed by atoms with Crippen LogP contribution in [0, 0.1) is 0 Å². The number of nitrogens with zero attached hydrogens (tertiary/aromatic N) is 2. The van der Waals surface area contributed by atoms with Crippen LogP contribution in [0.4, 0.5) is 5.69 Å². The molecule has 3 rings (SSSR count). The van der Waals surface area contributed by atoms with E-state index in [2.05, 4.69) is 26.2 Å². The number of hydrogen-bond acceptors (Lipinski definition) is 4. The van der Waals surface area contributed by atoms with Crippen molar-refractivity contribution < 1.29 is 0 Å². The predicted molar refractivity (Wildman–Crippen MR) is 86.5 cm³/mol. The molecule has 0 radical (unpaired) electrons. The first-order chi connectivity index (χ1) is 9.74. The maximum Gasteiger partial charge on any atom is 0.262 e. The molecule has 6 heteroatoms. The van der Waals surface area contributed by atoms with Gasteiger partial charge in [-0.2, -0.15) is 0 Å². The SMILES string of the molecule is O=c1c2ccsc2ncn1CCNc1cccc(Br)c1. The Morgan fingerprint density at radius 2 is 2.25 bits per heavy atom. The highest BCUT2D eigenvalue weighted by molar-refractivity contribution is 9.10. The first-order valence-corrected chi connectivity index (χ1v) is 7.83. The molecule has 0 spiro atoms. The number of halogens is 1. The predicted octanol–water partition coefficient (Wildman–Crippen LogP) is 3.33. The zero-order valence-corrected chi connectivity index (χ0v) is 12.9. The summed E-state index contributed by atoms with van der Waals surface area (Å²) < 4.78 is 2.67. The molecule has 0 aliphatic rings. The fourth-order valence-electron chi connectivity index (χ4n) is 1.97. The Morgan fingerprint density at radius 1 is 1.35 bits per heavy atom. The Labute approximate surface area is 128 Å². The molecule has 102 valence electrons. The standard InChI is InChI=1S/C14H12BrN3OS/c15-10-2-1-3-11(8-10)16-5-6-18-9-17-13-12(14(18)19)4-7-20-13/h1-4,7-9,16H,5-6H2. The van der Waals surface area contributed by atoms with Crippen molar-refractivity contribution >= 4 is 43.2 Å². The third kappa shape index (κ3) is 2.76. The largest absolute Gasteiger partial charge is 0.383 e. The average Bonchev–Trinajstić information content (AvgIpc) is 2.91. The lowest BCUT2D eigenvalue weighted by atomic mass is 10.3. The topological polar surface area (TPSA) is 46.9 Å². The number of aromatic nitrogens is 2. The van der Waals surface area contributed by atoms with Gasteiger partial charge < -0.3 is 5.32 Å². The second-order valence-corrected chi connectivity index (χ2v) is 6.13. The van der Waals surface area contributed by atoms with E-state index in [1.54, 1.807) is 10.9 Å². The molecule has 0 unspecified atom stereocenters. The van der Waals surface area contributed by atoms with Crippen molar-refractivity contribution in [3.8, 4) is 0 Å². The molecule has 0 bridgehead atoms. The van der Waals surface area contributed by atoms with Crippen molar-refractivity contribution in [2.45, 2.75) is 6.54 Å². The summed E-state index contributed by atoms with van der Waals surface area (Å²) in [5, 5.41) is 5.87. The van der Waals surface area contributed by atoms with Crippen LogP contribution in [0.15, 0.2) is 51.3 Å². The highest BCUT2D eigenvalue weighted by Crippen LogP contribution is 2.15. The third-order valence-corrected chi connectivity index (χ3v) is 4.27. The van der Waals surface area contributed by atoms with E-state index in [1.807, 2.05) is 35.7 Å². The van der Waals surface area contributed by atoms with Gasteiger partial charge in [0.25, 0.3) is 5.56 Å². The summed E-state index contributed by atoms with van der Waals surface area (Å²) >= 11 is 4.92. The van der Waals surface area contributed by atoms with Crippen LogP contribution in [0.2, 0.25) is 0 Å². The van der Waals surface area contributed by atoms with Crippen LogP contribution in [0.1, 0.15) is 0 Å². The summed E-state index contributed by atoms with van der Waals surface area (Å²) in [6.07, 6.45) is 1.61. The van der Waals surface area contributed by atoms with Gasteiger partial charge in [0, 0.05) is 23.2 Å². The number of anilines is 1. The maximum absolute atomic E-state index is 12.2. The molecule has 0 atom stereocenters. The minimum atomic E-state index is 0.0206. The van der Waals surface area contributed by atoms with Gasteiger partial charge in [0.1, 0.15) is 4.83 Å². The van der Waals surface area contributed by atoms with Gasteiger partial charge >= 0.3 is 0 Å². The zero-order chi connectivity index (χ0) is 13.9. The van der Waals surface area contributed by atoms with Gasteiger partial charge in [0.2, 0.25) is 0 Å². The Balaban J connectivity index is 1.71. The van der Waals surface area contributed by atoms with E-state index in [0.29, 0.717) is 18.5 Å². The van der Waals surface area contributed by atoms with Crippen molar-refractivity contribution in [3.63, 3.8) is 0 Å². The van der Waals surface area contributed by atoms with Crippen molar-refractivity contribution in [1.29, 1.82) is 0 Å². The summed E-state index contributed by atoms with van der Waals surface area (Å²) in [5.74, 6) is 0. The molecule has 3 aromatic rings. The molecule has 0 aliphatic carbocycles. The van der Waals surface area contributed by atoms with E-state index in [0.717, 1.165) is 15.0 Å². The van der Waals surface area contributed by atoms with Crippen LogP contribution in [0.3, 0.4) is 0 Å². The number of nitrogens with one attached hydrogen (secondary N) is 1. The van der Waals surface area contributed by atoms with Gasteiger partial charge in [-0.15, -0.1) is 11.3 Å². The minimum Gasteiger partial charge on any atom is -0.383 e. The zero-order valence-electron chi connectivity index (χ0n) is 10.5. The van der Waals surface area contributed by atoms with Crippen molar-refractivity contribution in [2.24, 2.45) is 0 Å². The Hall–Kier alpha value is -1.66. The Kier molecular flexibility index (Phi) is 3.84. The van der Waals surface area contributed by atoms with E-state index in [-0.39, 0.29) is 5.56 Å². The molecule has 0 saturated carbocycles. The maximum atomic E-state index is 12.2. The number of rotatable bonds is 4. The Morgan fingerprint density at radius 3 is 3.10 bits per heavy atom. The lowest BCUT2D eigenvalue weighted by Crippen LogP contribution is -2.23. The summed E-state index contributed by atoms with van der Waals surface area (Å²) in [6.45, 7) is 1.26. The number of hydrogen-bond donors (Lipinski definition) is 1. The average molecular weight is 350 g/mol. The minimum absolute atomic E-state index is 0.0206. The van der Waals surface area contributed by atoms with Gasteiger partial charge in [-0.25, -0.2) is 4.98 Å². The van der Waals surface area contributed by atoms with E-state index in [4.69, 9.17) is 0 Å². The highest BCUT2D eigenvalue weighted by atomic mass is 79.9. The quantitative estimate of drug-likeness (QED) is 0.785. The summed E-state index contributed by atoms with van der Waals surface area (Å²) in [5.41, 5.74) is 1.05. The normalized spacial score (nSPS) is 10.8. The molecular formula is C14H12BrN3OS. The molecule has 0 amide bonds. The molecule has 0 aliphatic heterocycles. The first-order valence-electron chi connectivity index (χ1n) is 6.16. The van der Waals surface area contributed by atoms with Crippen LogP contribution in [0.5, 0.6) is 0 Å². The van der Waals surface area contributed by atoms with E-state index in [9.17, 15) is 4.79 Å². The van der Waals surface area contributed by atoms with E-state index >= 15 is 0 Å². The first kappa shape index (κ1) is 13.3. The monoisotopic (exact) mass is 349 g/mol. The highest BCUT2D eigenvalue weighted by Gasteiger charge is 2.04. The number of fused-ring (bicyclic) bond motifs is 1. The summed E-state index contributed by atoms with van der Waals surface area (Å²) in [6, 6.07) is 9.77. The third-order valence-electron chi connectivity index (χ3n) is 2.96. The van der Waals surface area contributed by atoms with Crippen LogP contribution >= 0.6 is 27.3 Å². The lowest BCUT2D eigenvalue weighted by Gasteiger charge is -2.08. The number of benzene rings is 1. The molecule has 2 aromatic heterocycles. The lowest BCUT2D eigenvalue weighted by molar-refractivity contribution is 0.690. The molecular weight excluding hydrogens is 338 g/mol. The van der Waals surface area contributed by atoms with Crippen molar-refractivity contribution in [1.82, 2.24) is 9.55 Å². The van der Waals surface area contributed by atoms with Crippen molar-refractivity contribution in [3.05, 3.63) is 56.9 Å². The van der Waals surface area contributed by atoms with Crippen LogP contribution in [-0.2, 0) is 6.54 Å². The molecule has 0 fully saturated rings. The van der Waals surface area contributed by atoms with Gasteiger partial charge in [-0.1, -0.05) is 22.0 Å². The smallest absolute Gasteiger partial charge is 0.262 e. The molecule has 20 heavy (non-hydrogen) atoms. The van der Waals surface area contributed by atoms with Gasteiger partial charge in [0.05, 0.1) is 11.7 Å². The second-order valence-electron chi connectivity index (χ2n) is 4.32. The fraction of sp³-hybridized carbons (Fsp3) is 0.143. The van der Waals surface area contributed by atoms with E-state index in [1.165, 1.54) is 11.3 Å². The van der Waals surface area contributed by atoms with Gasteiger partial charge in [-0.3, -0.25) is 9.36 Å². The van der Waals surface area contributed by atoms with Crippen LogP contribution < -0.4 is 10.9 Å². The second kappa shape index (κ2) is 5.76. The van der Waals surface area contributed by atoms with Crippen LogP contribution in [-0.4, -0.2) is 16.1 Å². The molecule has 1 aromatic carbocycles. The van der Waals surface area contributed by atoms with Gasteiger partial charge in [0.15, 0.2) is 0 Å².